The number of likely N-dealkylation sites (N-methyl/N-ethyl adjacent to an activating group) is 1. The summed E-state index contributed by atoms with van der Waals surface area (Å²) in [6.45, 7) is 4.28. The molecule has 2 unspecified atom stereocenters. The smallest absolute Gasteiger partial charge is 0.306 e. The number of nitrogens with zero attached hydrogens (tertiary/aromatic N) is 1. The molecule has 0 rings (SSSR count). The highest BCUT2D eigenvalue weighted by Gasteiger charge is 2.25. The number of hydrogen-bond acceptors (Lipinski definition) is 7. The van der Waals surface area contributed by atoms with Crippen molar-refractivity contribution in [2.45, 2.75) is 154 Å². The molecule has 0 saturated heterocycles. The summed E-state index contributed by atoms with van der Waals surface area (Å²) in [6.07, 6.45) is 25.2. The fraction of sp³-hybridized carbons (Fsp3) is 0.857. The lowest BCUT2D eigenvalue weighted by Gasteiger charge is -2.34. The van der Waals surface area contributed by atoms with E-state index in [1.54, 1.807) is 21.1 Å². The van der Waals surface area contributed by atoms with E-state index in [1.807, 2.05) is 6.92 Å². The molecule has 0 fully saturated rings. The van der Waals surface area contributed by atoms with Crippen molar-refractivity contribution in [2.24, 2.45) is 0 Å². The molecule has 0 spiro atoms. The van der Waals surface area contributed by atoms with Crippen LogP contribution in [0, 0.1) is 0 Å². The molecule has 0 heterocycles. The zero-order chi connectivity index (χ0) is 32.2. The maximum Gasteiger partial charge on any atom is 0.306 e. The molecule has 8 heteroatoms. The van der Waals surface area contributed by atoms with Gasteiger partial charge in [0.2, 0.25) is 0 Å². The number of allylic oxidation sites excluding steroid dienone is 2. The van der Waals surface area contributed by atoms with Gasteiger partial charge in [-0.2, -0.15) is 0 Å². The Balaban J connectivity index is 4.06. The number of rotatable bonds is 30. The largest absolute Gasteiger partial charge is 0.544 e. The third kappa shape index (κ3) is 26.2. The van der Waals surface area contributed by atoms with Gasteiger partial charge in [-0.1, -0.05) is 96.6 Å². The molecule has 0 amide bonds. The van der Waals surface area contributed by atoms with E-state index >= 15 is 0 Å². The van der Waals surface area contributed by atoms with E-state index in [2.05, 4.69) is 19.1 Å². The second-order valence-electron chi connectivity index (χ2n) is 12.8. The SMILES string of the molecule is CCCCCCCCC/C=C\CCCCCCCCCC(=O)OC(COCCC(C(=O)[O-])[N+](C)(C)C)COC(=O)CCC. The Morgan fingerprint density at radius 1 is 0.674 bits per heavy atom. The molecule has 252 valence electrons. The van der Waals surface area contributed by atoms with Gasteiger partial charge in [-0.05, 0) is 38.5 Å². The van der Waals surface area contributed by atoms with Gasteiger partial charge in [-0.15, -0.1) is 0 Å². The number of carboxylic acid groups (broad SMARTS) is 1. The fourth-order valence-electron chi connectivity index (χ4n) is 4.92. The van der Waals surface area contributed by atoms with Crippen LogP contribution in [0.1, 0.15) is 142 Å². The first kappa shape index (κ1) is 41.1. The van der Waals surface area contributed by atoms with Gasteiger partial charge < -0.3 is 28.6 Å². The van der Waals surface area contributed by atoms with E-state index < -0.39 is 18.1 Å². The minimum absolute atomic E-state index is 0.0381. The molecule has 2 atom stereocenters. The van der Waals surface area contributed by atoms with Crippen molar-refractivity contribution < 1.29 is 38.2 Å². The number of ether oxygens (including phenoxy) is 3. The number of carbonyl (C=O) groups is 3. The summed E-state index contributed by atoms with van der Waals surface area (Å²) >= 11 is 0. The summed E-state index contributed by atoms with van der Waals surface area (Å²) in [6, 6.07) is -0.718. The molecule has 0 aliphatic heterocycles. The average molecular weight is 612 g/mol. The summed E-state index contributed by atoms with van der Waals surface area (Å²) in [5.41, 5.74) is 0. The molecular weight excluding hydrogens is 546 g/mol. The number of aliphatic carboxylic acids is 1. The number of carbonyl (C=O) groups excluding carboxylic acids is 3. The van der Waals surface area contributed by atoms with Crippen molar-refractivity contribution in [3.05, 3.63) is 12.2 Å². The predicted octanol–water partition coefficient (Wildman–Crippen LogP) is 6.68. The summed E-state index contributed by atoms with van der Waals surface area (Å²) in [7, 11) is 5.36. The number of esters is 2. The quantitative estimate of drug-likeness (QED) is 0.0386. The highest BCUT2D eigenvalue weighted by atomic mass is 16.6. The van der Waals surface area contributed by atoms with E-state index in [0.717, 1.165) is 19.3 Å². The first-order valence-corrected chi connectivity index (χ1v) is 17.2. The monoisotopic (exact) mass is 611 g/mol. The van der Waals surface area contributed by atoms with Gasteiger partial charge in [0.15, 0.2) is 6.10 Å². The molecule has 0 N–H and O–H groups in total. The Bertz CT molecular complexity index is 732. The van der Waals surface area contributed by atoms with Gasteiger partial charge in [0.25, 0.3) is 0 Å². The zero-order valence-electron chi connectivity index (χ0n) is 28.4. The minimum Gasteiger partial charge on any atom is -0.544 e. The van der Waals surface area contributed by atoms with Crippen LogP contribution in [0.25, 0.3) is 0 Å². The van der Waals surface area contributed by atoms with Crippen molar-refractivity contribution in [1.29, 1.82) is 0 Å². The van der Waals surface area contributed by atoms with Gasteiger partial charge in [0.05, 0.1) is 40.3 Å². The van der Waals surface area contributed by atoms with Crippen molar-refractivity contribution >= 4 is 17.9 Å². The third-order valence-electron chi connectivity index (χ3n) is 7.62. The highest BCUT2D eigenvalue weighted by Crippen LogP contribution is 2.13. The van der Waals surface area contributed by atoms with Gasteiger partial charge in [0, 0.05) is 19.3 Å². The lowest BCUT2D eigenvalue weighted by Crippen LogP contribution is -2.55. The van der Waals surface area contributed by atoms with E-state index in [9.17, 15) is 19.5 Å². The van der Waals surface area contributed by atoms with Crippen LogP contribution in [0.4, 0.5) is 0 Å². The van der Waals surface area contributed by atoms with Crippen molar-refractivity contribution in [2.75, 3.05) is 41.0 Å². The maximum atomic E-state index is 12.4. The highest BCUT2D eigenvalue weighted by molar-refractivity contribution is 5.70. The predicted molar refractivity (Wildman–Crippen MR) is 171 cm³/mol. The molecule has 8 nitrogen and oxygen atoms in total. The second-order valence-corrected chi connectivity index (χ2v) is 12.8. The Hall–Kier alpha value is -1.93. The first-order valence-electron chi connectivity index (χ1n) is 17.2. The fourth-order valence-corrected chi connectivity index (χ4v) is 4.92. The zero-order valence-corrected chi connectivity index (χ0v) is 28.4. The van der Waals surface area contributed by atoms with Gasteiger partial charge in [-0.25, -0.2) is 0 Å². The molecule has 0 bridgehead atoms. The van der Waals surface area contributed by atoms with Crippen molar-refractivity contribution in [1.82, 2.24) is 0 Å². The number of carboxylic acids is 1. The van der Waals surface area contributed by atoms with Gasteiger partial charge in [-0.3, -0.25) is 9.59 Å². The normalized spacial score (nSPS) is 13.2. The molecule has 43 heavy (non-hydrogen) atoms. The molecule has 0 aromatic carbocycles. The Morgan fingerprint density at radius 3 is 1.72 bits per heavy atom. The second kappa shape index (κ2) is 27.6. The minimum atomic E-state index is -1.13. The number of unbranched alkanes of at least 4 members (excludes halogenated alkanes) is 14. The Morgan fingerprint density at radius 2 is 1.21 bits per heavy atom. The molecular formula is C35H65NO7. The van der Waals surface area contributed by atoms with E-state index in [0.29, 0.717) is 19.3 Å². The summed E-state index contributed by atoms with van der Waals surface area (Å²) in [4.78, 5) is 35.7. The average Bonchev–Trinajstić information content (AvgIpc) is 2.94. The van der Waals surface area contributed by atoms with E-state index in [-0.39, 0.29) is 42.7 Å². The third-order valence-corrected chi connectivity index (χ3v) is 7.62. The first-order chi connectivity index (χ1) is 20.6. The van der Waals surface area contributed by atoms with Crippen LogP contribution in [0.2, 0.25) is 0 Å². The standard InChI is InChI=1S/C35H65NO7/c1-6-8-9-10-11-12-13-14-15-16-17-18-19-20-21-22-23-24-26-34(38)43-31(30-42-33(37)25-7-2)29-41-28-27-32(35(39)40)36(3,4)5/h15-16,31-32H,6-14,17-30H2,1-5H3/b16-15-. The summed E-state index contributed by atoms with van der Waals surface area (Å²) in [5.74, 6) is -1.80. The molecule has 0 aromatic rings. The maximum absolute atomic E-state index is 12.4. The van der Waals surface area contributed by atoms with Crippen LogP contribution in [0.15, 0.2) is 12.2 Å². The van der Waals surface area contributed by atoms with E-state index in [1.165, 1.54) is 83.5 Å². The van der Waals surface area contributed by atoms with Gasteiger partial charge in [0.1, 0.15) is 12.6 Å². The topological polar surface area (TPSA) is 102 Å². The lowest BCUT2D eigenvalue weighted by molar-refractivity contribution is -0.889. The Labute approximate surface area is 263 Å². The molecule has 0 aliphatic rings. The number of quaternary nitrogens is 1. The molecule has 0 radical (unpaired) electrons. The van der Waals surface area contributed by atoms with Crippen LogP contribution < -0.4 is 5.11 Å². The number of hydrogen-bond donors (Lipinski definition) is 0. The lowest BCUT2D eigenvalue weighted by atomic mass is 10.1. The van der Waals surface area contributed by atoms with Crippen molar-refractivity contribution in [3.8, 4) is 0 Å². The van der Waals surface area contributed by atoms with Crippen LogP contribution in [0.5, 0.6) is 0 Å². The van der Waals surface area contributed by atoms with Crippen LogP contribution in [-0.4, -0.2) is 75.5 Å². The molecule has 0 aliphatic carbocycles. The molecule has 0 saturated carbocycles. The summed E-state index contributed by atoms with van der Waals surface area (Å²) in [5, 5.41) is 11.4. The van der Waals surface area contributed by atoms with Crippen LogP contribution in [-0.2, 0) is 28.6 Å². The van der Waals surface area contributed by atoms with Crippen molar-refractivity contribution in [3.63, 3.8) is 0 Å². The van der Waals surface area contributed by atoms with E-state index in [4.69, 9.17) is 14.2 Å². The van der Waals surface area contributed by atoms with Crippen LogP contribution >= 0.6 is 0 Å². The summed E-state index contributed by atoms with van der Waals surface area (Å²) < 4.78 is 16.7. The molecule has 0 aromatic heterocycles. The van der Waals surface area contributed by atoms with Crippen LogP contribution in [0.3, 0.4) is 0 Å². The Kier molecular flexibility index (Phi) is 26.4. The van der Waals surface area contributed by atoms with Gasteiger partial charge >= 0.3 is 11.9 Å².